The predicted octanol–water partition coefficient (Wildman–Crippen LogP) is 6.05. The van der Waals surface area contributed by atoms with Gasteiger partial charge in [-0.3, -0.25) is 4.90 Å². The fraction of sp³-hybridized carbons (Fsp3) is 0.0870. The van der Waals surface area contributed by atoms with Gasteiger partial charge in [-0.25, -0.2) is 4.79 Å². The molecule has 1 aliphatic rings. The van der Waals surface area contributed by atoms with Crippen LogP contribution in [0.1, 0.15) is 21.5 Å². The lowest BCUT2D eigenvalue weighted by Crippen LogP contribution is -2.12. The number of ether oxygens (including phenoxy) is 1. The van der Waals surface area contributed by atoms with Crippen LogP contribution in [0.5, 0.6) is 5.75 Å². The Kier molecular flexibility index (Phi) is 3.34. The van der Waals surface area contributed by atoms with Gasteiger partial charge in [0.25, 0.3) is 0 Å². The molecular formula is C23H17NO3. The lowest BCUT2D eigenvalue weighted by Gasteiger charge is -2.24. The van der Waals surface area contributed by atoms with Crippen LogP contribution in [0.4, 0.5) is 17.3 Å². The van der Waals surface area contributed by atoms with Crippen molar-refractivity contribution in [3.05, 3.63) is 83.4 Å². The molecule has 132 valence electrons. The number of carbonyl (C=O) groups is 1. The van der Waals surface area contributed by atoms with Crippen molar-refractivity contribution < 1.29 is 13.9 Å². The van der Waals surface area contributed by atoms with Crippen LogP contribution < -0.4 is 9.64 Å². The Bertz CT molecular complexity index is 1210. The third-order valence-corrected chi connectivity index (χ3v) is 4.90. The molecule has 1 aliphatic heterocycles. The van der Waals surface area contributed by atoms with Gasteiger partial charge in [-0.1, -0.05) is 42.0 Å². The van der Waals surface area contributed by atoms with Gasteiger partial charge in [-0.2, -0.15) is 0 Å². The maximum Gasteiger partial charge on any atom is 0.345 e. The first-order valence-electron chi connectivity index (χ1n) is 8.83. The molecule has 0 saturated carbocycles. The highest BCUT2D eigenvalue weighted by atomic mass is 16.5. The van der Waals surface area contributed by atoms with Crippen LogP contribution in [0, 0.1) is 13.8 Å². The summed E-state index contributed by atoms with van der Waals surface area (Å²) in [5.41, 5.74) is 5.03. The minimum Gasteiger partial charge on any atom is -0.436 e. The average molecular weight is 355 g/mol. The molecule has 4 nitrogen and oxygen atoms in total. The Balaban J connectivity index is 1.89. The second kappa shape index (κ2) is 5.74. The van der Waals surface area contributed by atoms with Gasteiger partial charge < -0.3 is 9.15 Å². The lowest BCUT2D eigenvalue weighted by atomic mass is 10.1. The van der Waals surface area contributed by atoms with Crippen molar-refractivity contribution in [1.82, 2.24) is 0 Å². The fourth-order valence-corrected chi connectivity index (χ4v) is 3.57. The summed E-state index contributed by atoms with van der Waals surface area (Å²) in [6, 6.07) is 21.4. The Labute approximate surface area is 156 Å². The maximum atomic E-state index is 12.9. The van der Waals surface area contributed by atoms with Gasteiger partial charge in [0.1, 0.15) is 5.58 Å². The number of para-hydroxylation sites is 2. The molecule has 0 N–H and O–H groups in total. The zero-order valence-corrected chi connectivity index (χ0v) is 15.0. The van der Waals surface area contributed by atoms with E-state index in [1.807, 2.05) is 79.4 Å². The van der Waals surface area contributed by atoms with Crippen LogP contribution >= 0.6 is 0 Å². The smallest absolute Gasteiger partial charge is 0.345 e. The number of hydrogen-bond donors (Lipinski definition) is 0. The van der Waals surface area contributed by atoms with Gasteiger partial charge in [-0.15, -0.1) is 0 Å². The van der Waals surface area contributed by atoms with Gasteiger partial charge >= 0.3 is 5.97 Å². The third-order valence-electron chi connectivity index (χ3n) is 4.90. The molecule has 2 heterocycles. The monoisotopic (exact) mass is 355 g/mol. The van der Waals surface area contributed by atoms with E-state index in [0.29, 0.717) is 22.8 Å². The van der Waals surface area contributed by atoms with Gasteiger partial charge in [0.15, 0.2) is 0 Å². The largest absolute Gasteiger partial charge is 0.436 e. The molecular weight excluding hydrogens is 338 g/mol. The highest BCUT2D eigenvalue weighted by Crippen LogP contribution is 2.49. The van der Waals surface area contributed by atoms with Crippen molar-refractivity contribution >= 4 is 34.2 Å². The van der Waals surface area contributed by atoms with E-state index in [1.54, 1.807) is 6.07 Å². The van der Waals surface area contributed by atoms with Crippen LogP contribution in [0.3, 0.4) is 0 Å². The van der Waals surface area contributed by atoms with Crippen molar-refractivity contribution in [2.45, 2.75) is 13.8 Å². The minimum absolute atomic E-state index is 0.382. The van der Waals surface area contributed by atoms with Crippen LogP contribution in [0.25, 0.3) is 11.0 Å². The first-order chi connectivity index (χ1) is 13.1. The Morgan fingerprint density at radius 2 is 1.59 bits per heavy atom. The van der Waals surface area contributed by atoms with Crippen molar-refractivity contribution in [3.63, 3.8) is 0 Å². The van der Waals surface area contributed by atoms with E-state index in [0.717, 1.165) is 27.9 Å². The van der Waals surface area contributed by atoms with E-state index in [1.165, 1.54) is 0 Å². The molecule has 4 heteroatoms. The van der Waals surface area contributed by atoms with Crippen LogP contribution in [0.2, 0.25) is 0 Å². The van der Waals surface area contributed by atoms with Crippen LogP contribution in [-0.4, -0.2) is 5.97 Å². The second-order valence-electron chi connectivity index (χ2n) is 6.76. The van der Waals surface area contributed by atoms with E-state index < -0.39 is 0 Å². The van der Waals surface area contributed by atoms with Gasteiger partial charge in [0.05, 0.1) is 22.3 Å². The molecule has 0 spiro atoms. The molecule has 3 aromatic carbocycles. The Hall–Kier alpha value is -3.53. The molecule has 0 fully saturated rings. The number of benzene rings is 3. The fourth-order valence-electron chi connectivity index (χ4n) is 3.57. The molecule has 0 amide bonds. The summed E-state index contributed by atoms with van der Waals surface area (Å²) in [5.74, 6) is 0.591. The van der Waals surface area contributed by atoms with Crippen LogP contribution in [0.15, 0.2) is 71.1 Å². The summed E-state index contributed by atoms with van der Waals surface area (Å²) in [6.45, 7) is 4.04. The number of carbonyl (C=O) groups excluding carboxylic acids is 1. The number of nitrogens with zero attached hydrogens (tertiary/aromatic N) is 1. The molecule has 0 saturated heterocycles. The number of furan rings is 1. The molecule has 0 aliphatic carbocycles. The van der Waals surface area contributed by atoms with E-state index in [9.17, 15) is 4.79 Å². The molecule has 5 rings (SSSR count). The summed E-state index contributed by atoms with van der Waals surface area (Å²) in [5, 5.41) is 0.796. The molecule has 0 radical (unpaired) electrons. The van der Waals surface area contributed by atoms with Crippen molar-refractivity contribution in [2.24, 2.45) is 0 Å². The number of esters is 1. The standard InChI is InChI=1S/C23H17NO3/c1-14-11-12-20-17(13-14)21-22(26-20)24(18-9-5-3-7-15(18)2)19-10-6-4-8-16(19)23(25)27-21/h3-13H,1-2H3. The zero-order chi connectivity index (χ0) is 18.5. The summed E-state index contributed by atoms with van der Waals surface area (Å²) in [7, 11) is 0. The summed E-state index contributed by atoms with van der Waals surface area (Å²) < 4.78 is 12.0. The lowest BCUT2D eigenvalue weighted by molar-refractivity contribution is 0.0740. The molecule has 0 bridgehead atoms. The number of rotatable bonds is 1. The topological polar surface area (TPSA) is 42.7 Å². The Morgan fingerprint density at radius 1 is 0.852 bits per heavy atom. The van der Waals surface area contributed by atoms with E-state index >= 15 is 0 Å². The molecule has 4 aromatic rings. The molecule has 1 aromatic heterocycles. The number of fused-ring (bicyclic) bond motifs is 4. The predicted molar refractivity (Wildman–Crippen MR) is 105 cm³/mol. The van der Waals surface area contributed by atoms with E-state index in [2.05, 4.69) is 0 Å². The molecule has 0 unspecified atom stereocenters. The third kappa shape index (κ3) is 2.34. The highest BCUT2D eigenvalue weighted by molar-refractivity contribution is 6.06. The second-order valence-corrected chi connectivity index (χ2v) is 6.76. The summed E-state index contributed by atoms with van der Waals surface area (Å²) >= 11 is 0. The Morgan fingerprint density at radius 3 is 2.41 bits per heavy atom. The van der Waals surface area contributed by atoms with Crippen molar-refractivity contribution in [3.8, 4) is 5.75 Å². The van der Waals surface area contributed by atoms with E-state index in [-0.39, 0.29) is 5.97 Å². The normalized spacial score (nSPS) is 13.1. The quantitative estimate of drug-likeness (QED) is 0.390. The number of anilines is 3. The summed E-state index contributed by atoms with van der Waals surface area (Å²) in [6.07, 6.45) is 0. The SMILES string of the molecule is Cc1ccc2oc3c(c2c1)OC(=O)c1ccccc1N3c1ccccc1C. The number of hydrogen-bond acceptors (Lipinski definition) is 4. The van der Waals surface area contributed by atoms with Crippen LogP contribution in [-0.2, 0) is 0 Å². The molecule has 27 heavy (non-hydrogen) atoms. The van der Waals surface area contributed by atoms with Gasteiger partial charge in [-0.05, 0) is 49.7 Å². The van der Waals surface area contributed by atoms with E-state index in [4.69, 9.17) is 9.15 Å². The highest BCUT2D eigenvalue weighted by Gasteiger charge is 2.33. The van der Waals surface area contributed by atoms with Crippen molar-refractivity contribution in [2.75, 3.05) is 4.90 Å². The number of aryl methyl sites for hydroxylation is 2. The van der Waals surface area contributed by atoms with Crippen molar-refractivity contribution in [1.29, 1.82) is 0 Å². The average Bonchev–Trinajstić information content (AvgIpc) is 2.95. The minimum atomic E-state index is -0.382. The van der Waals surface area contributed by atoms with Gasteiger partial charge in [0.2, 0.25) is 11.6 Å². The first-order valence-corrected chi connectivity index (χ1v) is 8.83. The summed E-state index contributed by atoms with van der Waals surface area (Å²) in [4.78, 5) is 14.8. The first kappa shape index (κ1) is 15.7. The molecule has 0 atom stereocenters. The van der Waals surface area contributed by atoms with Gasteiger partial charge in [0, 0.05) is 0 Å². The maximum absolute atomic E-state index is 12.9. The zero-order valence-electron chi connectivity index (χ0n) is 15.0.